The molecule has 0 fully saturated rings. The molecule has 0 N–H and O–H groups in total. The zero-order valence-corrected chi connectivity index (χ0v) is 15.0. The lowest BCUT2D eigenvalue weighted by atomic mass is 10.0. The molecule has 0 aliphatic heterocycles. The van der Waals surface area contributed by atoms with Crippen LogP contribution < -0.4 is 0 Å². The number of carbonyl (C=O) groups excluding carboxylic acids is 1. The number of ether oxygens (including phenoxy) is 1. The van der Waals surface area contributed by atoms with E-state index < -0.39 is 11.7 Å². The van der Waals surface area contributed by atoms with Gasteiger partial charge in [-0.05, 0) is 56.2 Å². The Morgan fingerprint density at radius 1 is 1.12 bits per heavy atom. The molecule has 124 valence electrons. The van der Waals surface area contributed by atoms with E-state index in [-0.39, 0.29) is 0 Å². The number of rotatable bonds is 1. The SMILES string of the molecule is CC(C)(C)OC(=O)n1ccc2c(-c3cc(Cl)nc(Cl)c3)cccc21. The van der Waals surface area contributed by atoms with Gasteiger partial charge in [-0.2, -0.15) is 0 Å². The van der Waals surface area contributed by atoms with Crippen molar-refractivity contribution in [2.75, 3.05) is 0 Å². The topological polar surface area (TPSA) is 44.1 Å². The first-order valence-electron chi connectivity index (χ1n) is 7.41. The van der Waals surface area contributed by atoms with Crippen molar-refractivity contribution >= 4 is 40.2 Å². The minimum Gasteiger partial charge on any atom is -0.443 e. The number of carbonyl (C=O) groups is 1. The molecule has 2 aromatic heterocycles. The van der Waals surface area contributed by atoms with Crippen LogP contribution in [-0.2, 0) is 4.74 Å². The standard InChI is InChI=1S/C18H16Cl2N2O2/c1-18(2,3)24-17(23)22-8-7-13-12(5-4-6-14(13)22)11-9-15(19)21-16(20)10-11/h4-10H,1-3H3. The maximum Gasteiger partial charge on any atom is 0.418 e. The first-order valence-corrected chi connectivity index (χ1v) is 8.17. The van der Waals surface area contributed by atoms with E-state index in [9.17, 15) is 4.79 Å². The van der Waals surface area contributed by atoms with Crippen LogP contribution in [0.25, 0.3) is 22.0 Å². The number of hydrogen-bond donors (Lipinski definition) is 0. The van der Waals surface area contributed by atoms with Crippen LogP contribution in [0.5, 0.6) is 0 Å². The lowest BCUT2D eigenvalue weighted by molar-refractivity contribution is 0.0544. The van der Waals surface area contributed by atoms with E-state index in [4.69, 9.17) is 27.9 Å². The number of hydrogen-bond acceptors (Lipinski definition) is 3. The van der Waals surface area contributed by atoms with E-state index in [1.54, 1.807) is 18.3 Å². The van der Waals surface area contributed by atoms with Crippen LogP contribution in [0.3, 0.4) is 0 Å². The molecule has 0 saturated heterocycles. The maximum atomic E-state index is 12.4. The molecule has 0 unspecified atom stereocenters. The second-order valence-corrected chi connectivity index (χ2v) is 7.18. The minimum atomic E-state index is -0.558. The first-order chi connectivity index (χ1) is 11.2. The van der Waals surface area contributed by atoms with Gasteiger partial charge in [0, 0.05) is 11.6 Å². The third-order valence-electron chi connectivity index (χ3n) is 3.40. The van der Waals surface area contributed by atoms with Gasteiger partial charge in [0.05, 0.1) is 5.52 Å². The van der Waals surface area contributed by atoms with Gasteiger partial charge in [-0.15, -0.1) is 0 Å². The Labute approximate surface area is 150 Å². The lowest BCUT2D eigenvalue weighted by Gasteiger charge is -2.19. The van der Waals surface area contributed by atoms with Crippen molar-refractivity contribution in [2.45, 2.75) is 26.4 Å². The Balaban J connectivity index is 2.11. The van der Waals surface area contributed by atoms with Gasteiger partial charge < -0.3 is 4.74 Å². The summed E-state index contributed by atoms with van der Waals surface area (Å²) in [4.78, 5) is 16.3. The molecule has 0 saturated carbocycles. The molecule has 0 aliphatic carbocycles. The van der Waals surface area contributed by atoms with E-state index in [2.05, 4.69) is 4.98 Å². The van der Waals surface area contributed by atoms with Gasteiger partial charge in [0.15, 0.2) is 0 Å². The molecule has 24 heavy (non-hydrogen) atoms. The molecule has 3 aromatic rings. The van der Waals surface area contributed by atoms with Crippen molar-refractivity contribution in [2.24, 2.45) is 0 Å². The largest absolute Gasteiger partial charge is 0.443 e. The molecule has 1 aromatic carbocycles. The summed E-state index contributed by atoms with van der Waals surface area (Å²) >= 11 is 12.0. The number of pyridine rings is 1. The van der Waals surface area contributed by atoms with Crippen LogP contribution in [0.2, 0.25) is 10.3 Å². The highest BCUT2D eigenvalue weighted by Gasteiger charge is 2.19. The number of halogens is 2. The van der Waals surface area contributed by atoms with E-state index in [0.29, 0.717) is 10.3 Å². The van der Waals surface area contributed by atoms with E-state index in [1.807, 2.05) is 45.0 Å². The zero-order chi connectivity index (χ0) is 17.5. The molecule has 0 radical (unpaired) electrons. The second-order valence-electron chi connectivity index (χ2n) is 6.41. The Hall–Kier alpha value is -2.04. The van der Waals surface area contributed by atoms with Gasteiger partial charge in [-0.1, -0.05) is 35.3 Å². The normalized spacial score (nSPS) is 11.7. The fraction of sp³-hybridized carbons (Fsp3) is 0.222. The molecule has 6 heteroatoms. The van der Waals surface area contributed by atoms with Crippen molar-refractivity contribution in [1.29, 1.82) is 0 Å². The smallest absolute Gasteiger partial charge is 0.418 e. The van der Waals surface area contributed by atoms with E-state index >= 15 is 0 Å². The average molecular weight is 363 g/mol. The van der Waals surface area contributed by atoms with Gasteiger partial charge in [-0.25, -0.2) is 9.78 Å². The molecule has 2 heterocycles. The van der Waals surface area contributed by atoms with Crippen LogP contribution in [0.1, 0.15) is 20.8 Å². The van der Waals surface area contributed by atoms with Gasteiger partial charge >= 0.3 is 6.09 Å². The highest BCUT2D eigenvalue weighted by molar-refractivity contribution is 6.33. The van der Waals surface area contributed by atoms with Crippen molar-refractivity contribution in [3.8, 4) is 11.1 Å². The number of nitrogens with zero attached hydrogens (tertiary/aromatic N) is 2. The second kappa shape index (κ2) is 6.11. The summed E-state index contributed by atoms with van der Waals surface area (Å²) in [6, 6.07) is 11.1. The molecule has 0 atom stereocenters. The fourth-order valence-electron chi connectivity index (χ4n) is 2.51. The van der Waals surface area contributed by atoms with Crippen LogP contribution in [0.4, 0.5) is 4.79 Å². The Bertz CT molecular complexity index is 906. The van der Waals surface area contributed by atoms with Crippen molar-refractivity contribution in [3.63, 3.8) is 0 Å². The summed E-state index contributed by atoms with van der Waals surface area (Å²) in [5.41, 5.74) is 1.96. The van der Waals surface area contributed by atoms with Crippen molar-refractivity contribution in [3.05, 3.63) is 52.9 Å². The average Bonchev–Trinajstić information content (AvgIpc) is 2.88. The molecule has 0 amide bonds. The molecular formula is C18H16Cl2N2O2. The lowest BCUT2D eigenvalue weighted by Crippen LogP contribution is -2.26. The van der Waals surface area contributed by atoms with Crippen LogP contribution in [0, 0.1) is 0 Å². The number of benzene rings is 1. The molecule has 0 bridgehead atoms. The van der Waals surface area contributed by atoms with Crippen molar-refractivity contribution < 1.29 is 9.53 Å². The zero-order valence-electron chi connectivity index (χ0n) is 13.5. The fourth-order valence-corrected chi connectivity index (χ4v) is 2.97. The highest BCUT2D eigenvalue weighted by atomic mass is 35.5. The molecule has 3 rings (SSSR count). The van der Waals surface area contributed by atoms with Gasteiger partial charge in [-0.3, -0.25) is 4.57 Å². The van der Waals surface area contributed by atoms with Gasteiger partial charge in [0.2, 0.25) is 0 Å². The maximum absolute atomic E-state index is 12.4. The first kappa shape index (κ1) is 16.8. The monoisotopic (exact) mass is 362 g/mol. The Morgan fingerprint density at radius 3 is 2.42 bits per heavy atom. The van der Waals surface area contributed by atoms with Crippen LogP contribution in [0.15, 0.2) is 42.6 Å². The van der Waals surface area contributed by atoms with Crippen molar-refractivity contribution in [1.82, 2.24) is 9.55 Å². The van der Waals surface area contributed by atoms with E-state index in [0.717, 1.165) is 22.0 Å². The summed E-state index contributed by atoms with van der Waals surface area (Å²) in [7, 11) is 0. The predicted molar refractivity (Wildman–Crippen MR) is 96.8 cm³/mol. The summed E-state index contributed by atoms with van der Waals surface area (Å²) < 4.78 is 6.94. The Morgan fingerprint density at radius 2 is 1.79 bits per heavy atom. The number of fused-ring (bicyclic) bond motifs is 1. The molecular weight excluding hydrogens is 347 g/mol. The summed E-state index contributed by atoms with van der Waals surface area (Å²) in [5, 5.41) is 1.55. The quantitative estimate of drug-likeness (QED) is 0.514. The molecule has 0 aliphatic rings. The summed E-state index contributed by atoms with van der Waals surface area (Å²) in [6.45, 7) is 5.51. The highest BCUT2D eigenvalue weighted by Crippen LogP contribution is 2.32. The van der Waals surface area contributed by atoms with Gasteiger partial charge in [0.1, 0.15) is 15.9 Å². The number of aromatic nitrogens is 2. The van der Waals surface area contributed by atoms with Crippen LogP contribution >= 0.6 is 23.2 Å². The predicted octanol–water partition coefficient (Wildman–Crippen LogP) is 5.79. The van der Waals surface area contributed by atoms with Gasteiger partial charge in [0.25, 0.3) is 0 Å². The minimum absolute atomic E-state index is 0.320. The summed E-state index contributed by atoms with van der Waals surface area (Å²) in [6.07, 6.45) is 1.28. The Kier molecular flexibility index (Phi) is 4.28. The molecule has 4 nitrogen and oxygen atoms in total. The summed E-state index contributed by atoms with van der Waals surface area (Å²) in [5.74, 6) is 0. The third-order valence-corrected chi connectivity index (χ3v) is 3.78. The molecule has 0 spiro atoms. The van der Waals surface area contributed by atoms with E-state index in [1.165, 1.54) is 4.57 Å². The third kappa shape index (κ3) is 3.40. The van der Waals surface area contributed by atoms with Crippen LogP contribution in [-0.4, -0.2) is 21.2 Å².